The van der Waals surface area contributed by atoms with E-state index < -0.39 is 10.0 Å². The molecule has 1 aliphatic heterocycles. The first kappa shape index (κ1) is 17.7. The standard InChI is InChI=1S/C17H18Cl2N2O2S/c1-20-7-8-21(17(12-20)13-5-3-2-4-6-13)24(22,23)16-10-14(18)9-15(19)11-16/h2-6,9-11,17H,7-8,12H2,1H3. The van der Waals surface area contributed by atoms with E-state index in [-0.39, 0.29) is 10.9 Å². The van der Waals surface area contributed by atoms with E-state index in [1.54, 1.807) is 4.31 Å². The molecule has 2 aromatic rings. The van der Waals surface area contributed by atoms with Crippen LogP contribution in [0.15, 0.2) is 53.4 Å². The molecule has 2 aromatic carbocycles. The van der Waals surface area contributed by atoms with E-state index in [0.717, 1.165) is 5.56 Å². The van der Waals surface area contributed by atoms with Gasteiger partial charge in [-0.2, -0.15) is 4.31 Å². The topological polar surface area (TPSA) is 40.6 Å². The second-order valence-electron chi connectivity index (χ2n) is 5.91. The summed E-state index contributed by atoms with van der Waals surface area (Å²) in [6, 6.07) is 13.9. The molecule has 0 bridgehead atoms. The molecule has 4 nitrogen and oxygen atoms in total. The minimum atomic E-state index is -3.69. The highest BCUT2D eigenvalue weighted by Gasteiger charge is 2.36. The summed E-state index contributed by atoms with van der Waals surface area (Å²) in [5.74, 6) is 0. The van der Waals surface area contributed by atoms with Crippen LogP contribution < -0.4 is 0 Å². The maximum Gasteiger partial charge on any atom is 0.243 e. The van der Waals surface area contributed by atoms with Crippen molar-refractivity contribution >= 4 is 33.2 Å². The summed E-state index contributed by atoms with van der Waals surface area (Å²) in [7, 11) is -1.69. The minimum Gasteiger partial charge on any atom is -0.303 e. The third-order valence-corrected chi connectivity index (χ3v) is 6.48. The van der Waals surface area contributed by atoms with Crippen LogP contribution in [-0.4, -0.2) is 44.3 Å². The highest BCUT2D eigenvalue weighted by Crippen LogP contribution is 2.32. The van der Waals surface area contributed by atoms with Crippen molar-refractivity contribution in [3.05, 3.63) is 64.1 Å². The average Bonchev–Trinajstić information content (AvgIpc) is 2.54. The summed E-state index contributed by atoms with van der Waals surface area (Å²) < 4.78 is 27.9. The lowest BCUT2D eigenvalue weighted by Crippen LogP contribution is -2.49. The van der Waals surface area contributed by atoms with Gasteiger partial charge in [0.2, 0.25) is 10.0 Å². The molecule has 24 heavy (non-hydrogen) atoms. The van der Waals surface area contributed by atoms with Crippen LogP contribution >= 0.6 is 23.2 Å². The van der Waals surface area contributed by atoms with E-state index in [1.807, 2.05) is 37.4 Å². The molecule has 3 rings (SSSR count). The van der Waals surface area contributed by atoms with Gasteiger partial charge < -0.3 is 4.90 Å². The van der Waals surface area contributed by atoms with Gasteiger partial charge in [0, 0.05) is 29.7 Å². The fraction of sp³-hybridized carbons (Fsp3) is 0.294. The smallest absolute Gasteiger partial charge is 0.243 e. The lowest BCUT2D eigenvalue weighted by atomic mass is 10.1. The first-order valence-corrected chi connectivity index (χ1v) is 9.79. The number of piperazine rings is 1. The molecular formula is C17H18Cl2N2O2S. The number of sulfonamides is 1. The monoisotopic (exact) mass is 384 g/mol. The van der Waals surface area contributed by atoms with Crippen LogP contribution in [0.3, 0.4) is 0 Å². The molecule has 0 saturated carbocycles. The first-order chi connectivity index (χ1) is 11.4. The van der Waals surface area contributed by atoms with E-state index in [2.05, 4.69) is 4.90 Å². The molecule has 1 aliphatic rings. The van der Waals surface area contributed by atoms with Crippen molar-refractivity contribution in [2.75, 3.05) is 26.7 Å². The van der Waals surface area contributed by atoms with Gasteiger partial charge in [0.25, 0.3) is 0 Å². The van der Waals surface area contributed by atoms with Crippen LogP contribution in [-0.2, 0) is 10.0 Å². The Balaban J connectivity index is 2.03. The predicted octanol–water partition coefficient (Wildman–Crippen LogP) is 3.67. The molecule has 1 fully saturated rings. The largest absolute Gasteiger partial charge is 0.303 e. The molecule has 1 unspecified atom stereocenters. The van der Waals surface area contributed by atoms with Crippen molar-refractivity contribution in [1.82, 2.24) is 9.21 Å². The van der Waals surface area contributed by atoms with E-state index in [1.165, 1.54) is 18.2 Å². The molecule has 0 aliphatic carbocycles. The summed E-state index contributed by atoms with van der Waals surface area (Å²) in [6.07, 6.45) is 0. The molecule has 0 spiro atoms. The van der Waals surface area contributed by atoms with Crippen LogP contribution in [0.2, 0.25) is 10.0 Å². The first-order valence-electron chi connectivity index (χ1n) is 7.59. The van der Waals surface area contributed by atoms with Gasteiger partial charge in [-0.3, -0.25) is 0 Å². The number of hydrogen-bond acceptors (Lipinski definition) is 3. The van der Waals surface area contributed by atoms with Crippen LogP contribution in [0.4, 0.5) is 0 Å². The number of halogens is 2. The lowest BCUT2D eigenvalue weighted by molar-refractivity contribution is 0.160. The van der Waals surface area contributed by atoms with Gasteiger partial charge in [0.05, 0.1) is 10.9 Å². The normalized spacial score (nSPS) is 20.2. The van der Waals surface area contributed by atoms with Crippen molar-refractivity contribution in [2.24, 2.45) is 0 Å². The van der Waals surface area contributed by atoms with Crippen molar-refractivity contribution in [3.8, 4) is 0 Å². The van der Waals surface area contributed by atoms with Gasteiger partial charge in [-0.1, -0.05) is 53.5 Å². The molecular weight excluding hydrogens is 367 g/mol. The van der Waals surface area contributed by atoms with Crippen molar-refractivity contribution in [3.63, 3.8) is 0 Å². The Bertz CT molecular complexity index is 807. The zero-order chi connectivity index (χ0) is 17.3. The zero-order valence-corrected chi connectivity index (χ0v) is 15.5. The minimum absolute atomic E-state index is 0.130. The van der Waals surface area contributed by atoms with Crippen molar-refractivity contribution in [1.29, 1.82) is 0 Å². The van der Waals surface area contributed by atoms with Crippen LogP contribution in [0.1, 0.15) is 11.6 Å². The summed E-state index contributed by atoms with van der Waals surface area (Å²) in [5.41, 5.74) is 0.973. The Kier molecular flexibility index (Phi) is 5.18. The van der Waals surface area contributed by atoms with Crippen LogP contribution in [0, 0.1) is 0 Å². The fourth-order valence-corrected chi connectivity index (χ4v) is 5.27. The molecule has 0 aromatic heterocycles. The van der Waals surface area contributed by atoms with Crippen LogP contribution in [0.25, 0.3) is 0 Å². The number of benzene rings is 2. The molecule has 0 radical (unpaired) electrons. The average molecular weight is 385 g/mol. The van der Waals surface area contributed by atoms with Gasteiger partial charge >= 0.3 is 0 Å². The number of nitrogens with zero attached hydrogens (tertiary/aromatic N) is 2. The van der Waals surface area contributed by atoms with E-state index in [4.69, 9.17) is 23.2 Å². The quantitative estimate of drug-likeness (QED) is 0.810. The third kappa shape index (κ3) is 3.60. The SMILES string of the molecule is CN1CCN(S(=O)(=O)c2cc(Cl)cc(Cl)c2)C(c2ccccc2)C1. The van der Waals surface area contributed by atoms with Gasteiger partial charge in [-0.25, -0.2) is 8.42 Å². The van der Waals surface area contributed by atoms with Gasteiger partial charge in [-0.15, -0.1) is 0 Å². The highest BCUT2D eigenvalue weighted by molar-refractivity contribution is 7.89. The summed E-state index contributed by atoms with van der Waals surface area (Å²) >= 11 is 12.0. The van der Waals surface area contributed by atoms with E-state index >= 15 is 0 Å². The number of hydrogen-bond donors (Lipinski definition) is 0. The van der Waals surface area contributed by atoms with E-state index in [0.29, 0.717) is 29.7 Å². The molecule has 7 heteroatoms. The third-order valence-electron chi connectivity index (χ3n) is 4.16. The number of rotatable bonds is 3. The maximum atomic E-state index is 13.2. The lowest BCUT2D eigenvalue weighted by Gasteiger charge is -2.39. The fourth-order valence-electron chi connectivity index (χ4n) is 2.95. The summed E-state index contributed by atoms with van der Waals surface area (Å²) in [6.45, 7) is 1.73. The Hall–Kier alpha value is -1.11. The number of likely N-dealkylation sites (N-methyl/N-ethyl adjacent to an activating group) is 1. The molecule has 1 saturated heterocycles. The summed E-state index contributed by atoms with van der Waals surface area (Å²) in [4.78, 5) is 2.26. The highest BCUT2D eigenvalue weighted by atomic mass is 35.5. The summed E-state index contributed by atoms with van der Waals surface area (Å²) in [5, 5.41) is 0.623. The van der Waals surface area contributed by atoms with E-state index in [9.17, 15) is 8.42 Å². The molecule has 1 heterocycles. The second-order valence-corrected chi connectivity index (χ2v) is 8.67. The maximum absolute atomic E-state index is 13.2. The Morgan fingerprint density at radius 2 is 1.62 bits per heavy atom. The predicted molar refractivity (Wildman–Crippen MR) is 97.0 cm³/mol. The van der Waals surface area contributed by atoms with Gasteiger partial charge in [0.15, 0.2) is 0 Å². The Morgan fingerprint density at radius 1 is 1.00 bits per heavy atom. The van der Waals surface area contributed by atoms with Gasteiger partial charge in [-0.05, 0) is 30.8 Å². The van der Waals surface area contributed by atoms with Crippen molar-refractivity contribution < 1.29 is 8.42 Å². The van der Waals surface area contributed by atoms with Gasteiger partial charge in [0.1, 0.15) is 0 Å². The molecule has 128 valence electrons. The zero-order valence-electron chi connectivity index (χ0n) is 13.2. The Morgan fingerprint density at radius 3 is 2.25 bits per heavy atom. The molecule has 1 atom stereocenters. The Labute approximate surface area is 152 Å². The van der Waals surface area contributed by atoms with Crippen LogP contribution in [0.5, 0.6) is 0 Å². The van der Waals surface area contributed by atoms with Crippen molar-refractivity contribution in [2.45, 2.75) is 10.9 Å². The molecule has 0 amide bonds. The second kappa shape index (κ2) is 7.02. The molecule has 0 N–H and O–H groups in total.